The van der Waals surface area contributed by atoms with E-state index in [4.69, 9.17) is 5.11 Å². The molecule has 6 nitrogen and oxygen atoms in total. The highest BCUT2D eigenvalue weighted by molar-refractivity contribution is 5.87. The summed E-state index contributed by atoms with van der Waals surface area (Å²) in [6, 6.07) is 8.78. The SMILES string of the molecule is O=C(O)c1ccc(CNc2cc(N3CCCC3)ncn2)cc1. The van der Waals surface area contributed by atoms with E-state index in [1.165, 1.54) is 12.8 Å². The standard InChI is InChI=1S/C16H18N4O2/c21-16(22)13-5-3-12(4-6-13)10-17-14-9-15(19-11-18-14)20-7-1-2-8-20/h3-6,9,11H,1-2,7-8,10H2,(H,21,22)(H,17,18,19). The van der Waals surface area contributed by atoms with Crippen LogP contribution < -0.4 is 10.2 Å². The van der Waals surface area contributed by atoms with Crippen molar-refractivity contribution in [3.63, 3.8) is 0 Å². The van der Waals surface area contributed by atoms with Crippen molar-refractivity contribution >= 4 is 17.6 Å². The van der Waals surface area contributed by atoms with Gasteiger partial charge < -0.3 is 15.3 Å². The lowest BCUT2D eigenvalue weighted by Crippen LogP contribution is -2.19. The molecule has 1 fully saturated rings. The molecule has 0 atom stereocenters. The summed E-state index contributed by atoms with van der Waals surface area (Å²) in [5.74, 6) is 0.820. The number of rotatable bonds is 5. The molecular formula is C16H18N4O2. The molecular weight excluding hydrogens is 280 g/mol. The monoisotopic (exact) mass is 298 g/mol. The van der Waals surface area contributed by atoms with Gasteiger partial charge in [-0.25, -0.2) is 14.8 Å². The summed E-state index contributed by atoms with van der Waals surface area (Å²) in [7, 11) is 0. The number of carbonyl (C=O) groups is 1. The van der Waals surface area contributed by atoms with Gasteiger partial charge in [-0.15, -0.1) is 0 Å². The number of hydrogen-bond donors (Lipinski definition) is 2. The maximum atomic E-state index is 10.8. The minimum atomic E-state index is -0.912. The van der Waals surface area contributed by atoms with Crippen molar-refractivity contribution in [1.82, 2.24) is 9.97 Å². The van der Waals surface area contributed by atoms with Crippen LogP contribution in [0.2, 0.25) is 0 Å². The predicted molar refractivity (Wildman–Crippen MR) is 84.2 cm³/mol. The van der Waals surface area contributed by atoms with Gasteiger partial charge in [0.15, 0.2) is 0 Å². The Bertz CT molecular complexity index is 651. The third-order valence-electron chi connectivity index (χ3n) is 3.76. The molecule has 1 aliphatic rings. The van der Waals surface area contributed by atoms with Crippen LogP contribution in [0.4, 0.5) is 11.6 Å². The van der Waals surface area contributed by atoms with Crippen LogP contribution in [0.15, 0.2) is 36.7 Å². The van der Waals surface area contributed by atoms with E-state index in [-0.39, 0.29) is 0 Å². The van der Waals surface area contributed by atoms with Crippen molar-refractivity contribution in [3.8, 4) is 0 Å². The number of aromatic nitrogens is 2. The third kappa shape index (κ3) is 3.33. The van der Waals surface area contributed by atoms with Crippen LogP contribution in [0.25, 0.3) is 0 Å². The maximum Gasteiger partial charge on any atom is 0.335 e. The average molecular weight is 298 g/mol. The quantitative estimate of drug-likeness (QED) is 0.882. The Morgan fingerprint density at radius 2 is 1.91 bits per heavy atom. The molecule has 0 amide bonds. The van der Waals surface area contributed by atoms with Crippen molar-refractivity contribution in [2.45, 2.75) is 19.4 Å². The van der Waals surface area contributed by atoms with E-state index in [1.807, 2.05) is 6.07 Å². The average Bonchev–Trinajstić information content (AvgIpc) is 3.08. The Morgan fingerprint density at radius 1 is 1.18 bits per heavy atom. The number of benzene rings is 1. The predicted octanol–water partition coefficient (Wildman–Crippen LogP) is 2.39. The number of nitrogens with one attached hydrogen (secondary N) is 1. The summed E-state index contributed by atoms with van der Waals surface area (Å²) in [4.78, 5) is 21.6. The molecule has 3 rings (SSSR count). The molecule has 6 heteroatoms. The first-order chi connectivity index (χ1) is 10.7. The molecule has 2 aromatic rings. The van der Waals surface area contributed by atoms with Gasteiger partial charge in [-0.2, -0.15) is 0 Å². The van der Waals surface area contributed by atoms with Crippen molar-refractivity contribution in [2.75, 3.05) is 23.3 Å². The van der Waals surface area contributed by atoms with E-state index in [0.717, 1.165) is 30.3 Å². The van der Waals surface area contributed by atoms with Gasteiger partial charge in [-0.3, -0.25) is 0 Å². The van der Waals surface area contributed by atoms with E-state index in [0.29, 0.717) is 12.1 Å². The van der Waals surface area contributed by atoms with E-state index < -0.39 is 5.97 Å². The summed E-state index contributed by atoms with van der Waals surface area (Å²) in [6.45, 7) is 2.69. The zero-order valence-electron chi connectivity index (χ0n) is 12.2. The molecule has 0 radical (unpaired) electrons. The van der Waals surface area contributed by atoms with Crippen LogP contribution in [-0.2, 0) is 6.54 Å². The zero-order chi connectivity index (χ0) is 15.4. The first-order valence-electron chi connectivity index (χ1n) is 7.35. The van der Waals surface area contributed by atoms with Gasteiger partial charge in [-0.05, 0) is 30.5 Å². The third-order valence-corrected chi connectivity index (χ3v) is 3.76. The highest BCUT2D eigenvalue weighted by Crippen LogP contribution is 2.19. The normalized spacial score (nSPS) is 14.1. The minimum absolute atomic E-state index is 0.294. The molecule has 0 spiro atoms. The second-order valence-corrected chi connectivity index (χ2v) is 5.31. The molecule has 1 aromatic carbocycles. The second-order valence-electron chi connectivity index (χ2n) is 5.31. The molecule has 2 N–H and O–H groups in total. The summed E-state index contributed by atoms with van der Waals surface area (Å²) in [5.41, 5.74) is 1.30. The van der Waals surface area contributed by atoms with Crippen LogP contribution in [0.1, 0.15) is 28.8 Å². The lowest BCUT2D eigenvalue weighted by molar-refractivity contribution is 0.0697. The fourth-order valence-electron chi connectivity index (χ4n) is 2.52. The van der Waals surface area contributed by atoms with Gasteiger partial charge in [0.05, 0.1) is 5.56 Å². The van der Waals surface area contributed by atoms with Crippen LogP contribution in [0.3, 0.4) is 0 Å². The molecule has 2 heterocycles. The summed E-state index contributed by atoms with van der Waals surface area (Å²) >= 11 is 0. The zero-order valence-corrected chi connectivity index (χ0v) is 12.2. The Hall–Kier alpha value is -2.63. The Kier molecular flexibility index (Phi) is 4.18. The number of carboxylic acid groups (broad SMARTS) is 1. The first-order valence-corrected chi connectivity index (χ1v) is 7.35. The van der Waals surface area contributed by atoms with Crippen LogP contribution >= 0.6 is 0 Å². The molecule has 0 unspecified atom stereocenters. The van der Waals surface area contributed by atoms with Gasteiger partial charge in [0.2, 0.25) is 0 Å². The van der Waals surface area contributed by atoms with Crippen LogP contribution in [-0.4, -0.2) is 34.1 Å². The fraction of sp³-hybridized carbons (Fsp3) is 0.312. The van der Waals surface area contributed by atoms with Crippen molar-refractivity contribution in [3.05, 3.63) is 47.8 Å². The fourth-order valence-corrected chi connectivity index (χ4v) is 2.52. The summed E-state index contributed by atoms with van der Waals surface area (Å²) in [6.07, 6.45) is 3.99. The maximum absolute atomic E-state index is 10.8. The van der Waals surface area contributed by atoms with E-state index in [2.05, 4.69) is 20.2 Å². The molecule has 0 saturated carbocycles. The Morgan fingerprint density at radius 3 is 2.59 bits per heavy atom. The van der Waals surface area contributed by atoms with Crippen molar-refractivity contribution in [2.24, 2.45) is 0 Å². The lowest BCUT2D eigenvalue weighted by Gasteiger charge is -2.16. The summed E-state index contributed by atoms with van der Waals surface area (Å²) < 4.78 is 0. The molecule has 0 bridgehead atoms. The van der Waals surface area contributed by atoms with Gasteiger partial charge >= 0.3 is 5.97 Å². The number of carboxylic acids is 1. The molecule has 1 aromatic heterocycles. The highest BCUT2D eigenvalue weighted by Gasteiger charge is 2.13. The number of anilines is 2. The lowest BCUT2D eigenvalue weighted by atomic mass is 10.1. The molecule has 1 aliphatic heterocycles. The Balaban J connectivity index is 1.63. The van der Waals surface area contributed by atoms with Crippen molar-refractivity contribution in [1.29, 1.82) is 0 Å². The molecule has 22 heavy (non-hydrogen) atoms. The second kappa shape index (κ2) is 6.43. The highest BCUT2D eigenvalue weighted by atomic mass is 16.4. The van der Waals surface area contributed by atoms with Crippen LogP contribution in [0.5, 0.6) is 0 Å². The topological polar surface area (TPSA) is 78.4 Å². The molecule has 1 saturated heterocycles. The minimum Gasteiger partial charge on any atom is -0.478 e. The molecule has 114 valence electrons. The molecule has 0 aliphatic carbocycles. The van der Waals surface area contributed by atoms with E-state index in [9.17, 15) is 4.79 Å². The van der Waals surface area contributed by atoms with Crippen molar-refractivity contribution < 1.29 is 9.90 Å². The first kappa shape index (κ1) is 14.3. The summed E-state index contributed by atoms with van der Waals surface area (Å²) in [5, 5.41) is 12.1. The van der Waals surface area contributed by atoms with Gasteiger partial charge in [0, 0.05) is 25.7 Å². The number of nitrogens with zero attached hydrogens (tertiary/aromatic N) is 3. The van der Waals surface area contributed by atoms with E-state index >= 15 is 0 Å². The van der Waals surface area contributed by atoms with Gasteiger partial charge in [0.25, 0.3) is 0 Å². The number of aromatic carboxylic acids is 1. The van der Waals surface area contributed by atoms with Gasteiger partial charge in [0.1, 0.15) is 18.0 Å². The Labute approximate surface area is 128 Å². The number of hydrogen-bond acceptors (Lipinski definition) is 5. The smallest absolute Gasteiger partial charge is 0.335 e. The van der Waals surface area contributed by atoms with Crippen LogP contribution in [0, 0.1) is 0 Å². The van der Waals surface area contributed by atoms with Gasteiger partial charge in [-0.1, -0.05) is 12.1 Å². The largest absolute Gasteiger partial charge is 0.478 e. The van der Waals surface area contributed by atoms with E-state index in [1.54, 1.807) is 30.6 Å².